The Morgan fingerprint density at radius 1 is 1.33 bits per heavy atom. The van der Waals surface area contributed by atoms with Crippen molar-refractivity contribution in [3.8, 4) is 0 Å². The number of nitrogens with two attached hydrogens (primary N) is 1. The minimum Gasteiger partial charge on any atom is -0.464 e. The van der Waals surface area contributed by atoms with Crippen LogP contribution in [-0.2, 0) is 6.54 Å². The predicted molar refractivity (Wildman–Crippen MR) is 84.4 cm³/mol. The van der Waals surface area contributed by atoms with Crippen LogP contribution in [0.2, 0.25) is 0 Å². The third kappa shape index (κ3) is 3.56. The number of rotatable bonds is 5. The standard InChI is InChI=1S/C16H21N3O2/c1-4-18-16(20)12-6-8-15(14(17)9-12)19(3)10-13-7-5-11(2)21-13/h5-9H,4,10,17H2,1-3H3,(H,18,20). The van der Waals surface area contributed by atoms with E-state index < -0.39 is 0 Å². The fourth-order valence-electron chi connectivity index (χ4n) is 2.20. The largest absolute Gasteiger partial charge is 0.464 e. The summed E-state index contributed by atoms with van der Waals surface area (Å²) < 4.78 is 5.56. The van der Waals surface area contributed by atoms with Gasteiger partial charge in [0, 0.05) is 19.2 Å². The van der Waals surface area contributed by atoms with Crippen molar-refractivity contribution in [1.29, 1.82) is 0 Å². The number of nitrogens with zero attached hydrogens (tertiary/aromatic N) is 1. The summed E-state index contributed by atoms with van der Waals surface area (Å²) in [5, 5.41) is 2.76. The summed E-state index contributed by atoms with van der Waals surface area (Å²) in [5.41, 5.74) is 8.08. The van der Waals surface area contributed by atoms with Crippen LogP contribution in [-0.4, -0.2) is 19.5 Å². The maximum absolute atomic E-state index is 11.8. The topological polar surface area (TPSA) is 71.5 Å². The SMILES string of the molecule is CCNC(=O)c1ccc(N(C)Cc2ccc(C)o2)c(N)c1. The second-order valence-corrected chi connectivity index (χ2v) is 5.00. The predicted octanol–water partition coefficient (Wildman–Crippen LogP) is 2.56. The monoisotopic (exact) mass is 287 g/mol. The lowest BCUT2D eigenvalue weighted by Gasteiger charge is -2.20. The molecule has 0 atom stereocenters. The number of carbonyl (C=O) groups excluding carboxylic acids is 1. The summed E-state index contributed by atoms with van der Waals surface area (Å²) >= 11 is 0. The van der Waals surface area contributed by atoms with Gasteiger partial charge >= 0.3 is 0 Å². The number of benzene rings is 1. The van der Waals surface area contributed by atoms with E-state index >= 15 is 0 Å². The second kappa shape index (κ2) is 6.35. The Kier molecular flexibility index (Phi) is 4.52. The highest BCUT2D eigenvalue weighted by Crippen LogP contribution is 2.25. The molecule has 0 aliphatic carbocycles. The maximum atomic E-state index is 11.8. The summed E-state index contributed by atoms with van der Waals surface area (Å²) in [5.74, 6) is 1.65. The zero-order chi connectivity index (χ0) is 15.4. The molecule has 112 valence electrons. The fraction of sp³-hybridized carbons (Fsp3) is 0.312. The van der Waals surface area contributed by atoms with E-state index in [1.54, 1.807) is 12.1 Å². The average Bonchev–Trinajstić information content (AvgIpc) is 2.84. The van der Waals surface area contributed by atoms with Gasteiger partial charge in [-0.1, -0.05) is 0 Å². The van der Waals surface area contributed by atoms with Crippen molar-refractivity contribution in [3.05, 3.63) is 47.4 Å². The Morgan fingerprint density at radius 2 is 2.10 bits per heavy atom. The van der Waals surface area contributed by atoms with E-state index in [4.69, 9.17) is 10.2 Å². The number of amides is 1. The molecule has 0 aliphatic heterocycles. The molecular formula is C16H21N3O2. The third-order valence-corrected chi connectivity index (χ3v) is 3.23. The number of nitrogen functional groups attached to an aromatic ring is 1. The lowest BCUT2D eigenvalue weighted by Crippen LogP contribution is -2.23. The third-order valence-electron chi connectivity index (χ3n) is 3.23. The van der Waals surface area contributed by atoms with Gasteiger partial charge in [-0.05, 0) is 44.2 Å². The van der Waals surface area contributed by atoms with Crippen LogP contribution in [0.3, 0.4) is 0 Å². The Labute approximate surface area is 124 Å². The van der Waals surface area contributed by atoms with Crippen LogP contribution in [0, 0.1) is 6.92 Å². The number of hydrogen-bond donors (Lipinski definition) is 2. The molecule has 0 fully saturated rings. The highest BCUT2D eigenvalue weighted by molar-refractivity contribution is 5.96. The van der Waals surface area contributed by atoms with Crippen LogP contribution in [0.1, 0.15) is 28.8 Å². The van der Waals surface area contributed by atoms with Crippen LogP contribution >= 0.6 is 0 Å². The van der Waals surface area contributed by atoms with Crippen LogP contribution < -0.4 is 16.0 Å². The first kappa shape index (κ1) is 15.0. The molecule has 5 heteroatoms. The van der Waals surface area contributed by atoms with Crippen molar-refractivity contribution in [3.63, 3.8) is 0 Å². The van der Waals surface area contributed by atoms with Gasteiger partial charge in [-0.2, -0.15) is 0 Å². The molecule has 1 heterocycles. The quantitative estimate of drug-likeness (QED) is 0.829. The first-order chi connectivity index (χ1) is 10.0. The van der Waals surface area contributed by atoms with E-state index in [9.17, 15) is 4.79 Å². The van der Waals surface area contributed by atoms with E-state index in [-0.39, 0.29) is 5.91 Å². The minimum absolute atomic E-state index is 0.111. The van der Waals surface area contributed by atoms with Crippen molar-refractivity contribution < 1.29 is 9.21 Å². The summed E-state index contributed by atoms with van der Waals surface area (Å²) in [6.45, 7) is 5.02. The molecule has 1 aromatic heterocycles. The first-order valence-corrected chi connectivity index (χ1v) is 6.95. The Bertz CT molecular complexity index is 634. The zero-order valence-electron chi connectivity index (χ0n) is 12.6. The molecule has 5 nitrogen and oxygen atoms in total. The van der Waals surface area contributed by atoms with Crippen LogP contribution in [0.4, 0.5) is 11.4 Å². The minimum atomic E-state index is -0.111. The molecule has 0 bridgehead atoms. The molecule has 0 saturated carbocycles. The van der Waals surface area contributed by atoms with E-state index in [0.29, 0.717) is 24.3 Å². The van der Waals surface area contributed by atoms with Gasteiger partial charge in [-0.25, -0.2) is 0 Å². The summed E-state index contributed by atoms with van der Waals surface area (Å²) in [4.78, 5) is 13.8. The second-order valence-electron chi connectivity index (χ2n) is 5.00. The van der Waals surface area contributed by atoms with Gasteiger partial charge < -0.3 is 20.4 Å². The van der Waals surface area contributed by atoms with Gasteiger partial charge in [0.25, 0.3) is 5.91 Å². The molecule has 0 aliphatic rings. The number of anilines is 2. The Hall–Kier alpha value is -2.43. The number of aryl methyl sites for hydroxylation is 1. The molecule has 3 N–H and O–H groups in total. The van der Waals surface area contributed by atoms with Crippen LogP contribution in [0.5, 0.6) is 0 Å². The van der Waals surface area contributed by atoms with E-state index in [0.717, 1.165) is 17.2 Å². The number of carbonyl (C=O) groups is 1. The Balaban J connectivity index is 2.14. The summed E-state index contributed by atoms with van der Waals surface area (Å²) in [6, 6.07) is 9.22. The molecule has 2 aromatic rings. The van der Waals surface area contributed by atoms with Gasteiger partial charge in [0.1, 0.15) is 11.5 Å². The molecule has 21 heavy (non-hydrogen) atoms. The van der Waals surface area contributed by atoms with Gasteiger partial charge in [0.15, 0.2) is 0 Å². The van der Waals surface area contributed by atoms with E-state index in [1.165, 1.54) is 0 Å². The summed E-state index contributed by atoms with van der Waals surface area (Å²) in [7, 11) is 1.94. The molecule has 0 spiro atoms. The van der Waals surface area contributed by atoms with Gasteiger partial charge in [-0.15, -0.1) is 0 Å². The molecular weight excluding hydrogens is 266 g/mol. The van der Waals surface area contributed by atoms with Crippen molar-refractivity contribution in [2.45, 2.75) is 20.4 Å². The van der Waals surface area contributed by atoms with Gasteiger partial charge in [0.05, 0.1) is 17.9 Å². The number of hydrogen-bond acceptors (Lipinski definition) is 4. The lowest BCUT2D eigenvalue weighted by molar-refractivity contribution is 0.0956. The highest BCUT2D eigenvalue weighted by Gasteiger charge is 2.11. The van der Waals surface area contributed by atoms with Crippen molar-refractivity contribution >= 4 is 17.3 Å². The van der Waals surface area contributed by atoms with Gasteiger partial charge in [0.2, 0.25) is 0 Å². The van der Waals surface area contributed by atoms with Crippen molar-refractivity contribution in [1.82, 2.24) is 5.32 Å². The molecule has 2 rings (SSSR count). The van der Waals surface area contributed by atoms with Crippen LogP contribution in [0.25, 0.3) is 0 Å². The van der Waals surface area contributed by atoms with Crippen molar-refractivity contribution in [2.75, 3.05) is 24.2 Å². The molecule has 1 aromatic carbocycles. The van der Waals surface area contributed by atoms with E-state index in [1.807, 2.05) is 44.0 Å². The number of nitrogens with one attached hydrogen (secondary N) is 1. The highest BCUT2D eigenvalue weighted by atomic mass is 16.3. The average molecular weight is 287 g/mol. The lowest BCUT2D eigenvalue weighted by atomic mass is 10.1. The van der Waals surface area contributed by atoms with Crippen molar-refractivity contribution in [2.24, 2.45) is 0 Å². The molecule has 0 unspecified atom stereocenters. The Morgan fingerprint density at radius 3 is 2.67 bits per heavy atom. The summed E-state index contributed by atoms with van der Waals surface area (Å²) in [6.07, 6.45) is 0. The smallest absolute Gasteiger partial charge is 0.251 e. The van der Waals surface area contributed by atoms with Gasteiger partial charge in [-0.3, -0.25) is 4.79 Å². The molecule has 0 saturated heterocycles. The molecule has 0 radical (unpaired) electrons. The number of furan rings is 1. The zero-order valence-corrected chi connectivity index (χ0v) is 12.6. The normalized spacial score (nSPS) is 10.4. The first-order valence-electron chi connectivity index (χ1n) is 6.95. The maximum Gasteiger partial charge on any atom is 0.251 e. The molecule has 1 amide bonds. The fourth-order valence-corrected chi connectivity index (χ4v) is 2.20. The van der Waals surface area contributed by atoms with E-state index in [2.05, 4.69) is 5.32 Å². The van der Waals surface area contributed by atoms with Crippen LogP contribution in [0.15, 0.2) is 34.7 Å².